The van der Waals surface area contributed by atoms with Crippen molar-refractivity contribution in [2.75, 3.05) is 4.72 Å². The van der Waals surface area contributed by atoms with Crippen molar-refractivity contribution < 1.29 is 0 Å². The maximum absolute atomic E-state index is 4.45. The molecule has 2 N–H and O–H groups in total. The number of benzene rings is 2. The molecule has 6 heteroatoms. The summed E-state index contributed by atoms with van der Waals surface area (Å²) < 4.78 is 8.59. The molecular formula is C16H12N4S2. The number of hydrogen-bond acceptors (Lipinski definition) is 6. The van der Waals surface area contributed by atoms with Crippen molar-refractivity contribution in [3.63, 3.8) is 0 Å². The zero-order valence-corrected chi connectivity index (χ0v) is 13.1. The van der Waals surface area contributed by atoms with Crippen molar-refractivity contribution >= 4 is 46.1 Å². The van der Waals surface area contributed by atoms with Gasteiger partial charge in [-0.1, -0.05) is 36.4 Å². The lowest BCUT2D eigenvalue weighted by molar-refractivity contribution is 0.917. The van der Waals surface area contributed by atoms with Crippen LogP contribution >= 0.6 is 23.5 Å². The van der Waals surface area contributed by atoms with E-state index in [0.29, 0.717) is 0 Å². The summed E-state index contributed by atoms with van der Waals surface area (Å²) in [5.74, 6) is 0. The third-order valence-electron chi connectivity index (χ3n) is 3.25. The number of anilines is 1. The van der Waals surface area contributed by atoms with Crippen LogP contribution in [0, 0.1) is 0 Å². The van der Waals surface area contributed by atoms with Crippen molar-refractivity contribution in [3.05, 3.63) is 69.9 Å². The molecule has 4 nitrogen and oxygen atoms in total. The first-order valence-corrected chi connectivity index (χ1v) is 8.37. The minimum absolute atomic E-state index is 0.846. The van der Waals surface area contributed by atoms with Gasteiger partial charge in [-0.15, -0.1) is 0 Å². The first-order valence-electron chi connectivity index (χ1n) is 6.78. The molecule has 0 fully saturated rings. The van der Waals surface area contributed by atoms with Gasteiger partial charge >= 0.3 is 0 Å². The van der Waals surface area contributed by atoms with E-state index in [0.717, 1.165) is 31.9 Å². The standard InChI is InChI=1S/C16H12N4S2/c1-3-7-13-11(5-1)9-15(21-19-13)17-18-16-10-12-6-2-4-8-14(12)20-22-16/h1-10,17,19H. The first kappa shape index (κ1) is 13.4. The molecule has 0 unspecified atom stereocenters. The molecule has 2 heterocycles. The molecule has 0 radical (unpaired) electrons. The molecule has 0 atom stereocenters. The normalized spacial score (nSPS) is 14.2. The summed E-state index contributed by atoms with van der Waals surface area (Å²) in [5.41, 5.74) is 6.37. The highest BCUT2D eigenvalue weighted by Crippen LogP contribution is 2.30. The summed E-state index contributed by atoms with van der Waals surface area (Å²) in [6, 6.07) is 18.3. The average Bonchev–Trinajstić information content (AvgIpc) is 2.59. The van der Waals surface area contributed by atoms with Crippen LogP contribution in [-0.2, 0) is 0 Å². The lowest BCUT2D eigenvalue weighted by Crippen LogP contribution is -2.12. The van der Waals surface area contributed by atoms with E-state index in [2.05, 4.69) is 37.8 Å². The molecule has 1 aromatic heterocycles. The van der Waals surface area contributed by atoms with Crippen LogP contribution in [0.1, 0.15) is 5.56 Å². The van der Waals surface area contributed by atoms with Gasteiger partial charge in [-0.3, -0.25) is 5.43 Å². The van der Waals surface area contributed by atoms with Crippen LogP contribution in [0.4, 0.5) is 5.69 Å². The molecule has 4 rings (SSSR count). The fraction of sp³-hybridized carbons (Fsp3) is 0. The van der Waals surface area contributed by atoms with Gasteiger partial charge in [0.15, 0.2) is 4.67 Å². The molecule has 0 saturated carbocycles. The monoisotopic (exact) mass is 324 g/mol. The highest BCUT2D eigenvalue weighted by molar-refractivity contribution is 8.04. The number of rotatable bonds is 2. The van der Waals surface area contributed by atoms with E-state index in [9.17, 15) is 0 Å². The van der Waals surface area contributed by atoms with Gasteiger partial charge in [0.2, 0.25) is 0 Å². The summed E-state index contributed by atoms with van der Waals surface area (Å²) in [4.78, 5) is 0. The van der Waals surface area contributed by atoms with E-state index in [-0.39, 0.29) is 0 Å². The molecule has 22 heavy (non-hydrogen) atoms. The SMILES string of the molecule is C1=C(NN=c2cc3ccccc3ns2)SNc2ccccc21. The van der Waals surface area contributed by atoms with Gasteiger partial charge < -0.3 is 4.72 Å². The summed E-state index contributed by atoms with van der Waals surface area (Å²) in [6.45, 7) is 0. The molecule has 3 aromatic rings. The second-order valence-corrected chi connectivity index (χ2v) is 6.38. The topological polar surface area (TPSA) is 49.3 Å². The van der Waals surface area contributed by atoms with Gasteiger partial charge in [-0.2, -0.15) is 9.47 Å². The summed E-state index contributed by atoms with van der Waals surface area (Å²) in [6.07, 6.45) is 2.08. The molecule has 0 saturated heterocycles. The third kappa shape index (κ3) is 2.70. The number of hydrogen-bond donors (Lipinski definition) is 2. The third-order valence-corrected chi connectivity index (χ3v) is 4.68. The molecule has 2 aromatic carbocycles. The Bertz CT molecular complexity index is 930. The Balaban J connectivity index is 1.62. The largest absolute Gasteiger partial charge is 0.324 e. The fourth-order valence-corrected chi connectivity index (χ4v) is 3.47. The van der Waals surface area contributed by atoms with Crippen LogP contribution in [-0.4, -0.2) is 4.37 Å². The Morgan fingerprint density at radius 1 is 1.05 bits per heavy atom. The second-order valence-electron chi connectivity index (χ2n) is 4.75. The van der Waals surface area contributed by atoms with Crippen LogP contribution in [0.15, 0.2) is 64.7 Å². The molecule has 0 spiro atoms. The highest BCUT2D eigenvalue weighted by Gasteiger charge is 2.08. The van der Waals surface area contributed by atoms with Crippen LogP contribution in [0.2, 0.25) is 0 Å². The van der Waals surface area contributed by atoms with E-state index >= 15 is 0 Å². The molecule has 0 aliphatic carbocycles. The van der Waals surface area contributed by atoms with Crippen LogP contribution in [0.3, 0.4) is 0 Å². The average molecular weight is 324 g/mol. The smallest absolute Gasteiger partial charge is 0.155 e. The van der Waals surface area contributed by atoms with Gasteiger partial charge in [0.25, 0.3) is 0 Å². The number of para-hydroxylation sites is 1. The minimum Gasteiger partial charge on any atom is -0.324 e. The van der Waals surface area contributed by atoms with Crippen molar-refractivity contribution in [3.8, 4) is 0 Å². The van der Waals surface area contributed by atoms with E-state index in [1.807, 2.05) is 42.5 Å². The van der Waals surface area contributed by atoms with Gasteiger partial charge in [0, 0.05) is 22.9 Å². The Labute approximate surface area is 135 Å². The first-order chi connectivity index (χ1) is 10.9. The fourth-order valence-electron chi connectivity index (χ4n) is 2.16. The Hall–Kier alpha value is -2.31. The highest BCUT2D eigenvalue weighted by atomic mass is 32.2. The molecule has 1 aliphatic heterocycles. The summed E-state index contributed by atoms with van der Waals surface area (Å²) in [7, 11) is 0. The van der Waals surface area contributed by atoms with Crippen molar-refractivity contribution in [1.82, 2.24) is 9.80 Å². The second kappa shape index (κ2) is 5.82. The van der Waals surface area contributed by atoms with Crippen LogP contribution in [0.5, 0.6) is 0 Å². The van der Waals surface area contributed by atoms with Gasteiger partial charge in [0.05, 0.1) is 11.2 Å². The number of nitrogens with zero attached hydrogens (tertiary/aromatic N) is 2. The van der Waals surface area contributed by atoms with E-state index in [1.165, 1.54) is 23.5 Å². The molecular weight excluding hydrogens is 312 g/mol. The van der Waals surface area contributed by atoms with Gasteiger partial charge in [-0.05, 0) is 35.8 Å². The Kier molecular flexibility index (Phi) is 3.54. The number of aromatic nitrogens is 1. The van der Waals surface area contributed by atoms with Crippen molar-refractivity contribution in [2.24, 2.45) is 5.10 Å². The summed E-state index contributed by atoms with van der Waals surface area (Å²) in [5, 5.41) is 6.48. The lowest BCUT2D eigenvalue weighted by atomic mass is 10.2. The number of nitrogens with one attached hydrogen (secondary N) is 2. The van der Waals surface area contributed by atoms with Crippen LogP contribution in [0.25, 0.3) is 17.0 Å². The van der Waals surface area contributed by atoms with E-state index in [4.69, 9.17) is 0 Å². The predicted molar refractivity (Wildman–Crippen MR) is 94.0 cm³/mol. The zero-order valence-electron chi connectivity index (χ0n) is 11.5. The predicted octanol–water partition coefficient (Wildman–Crippen LogP) is 3.77. The van der Waals surface area contributed by atoms with Crippen LogP contribution < -0.4 is 14.8 Å². The van der Waals surface area contributed by atoms with Crippen molar-refractivity contribution in [1.29, 1.82) is 0 Å². The summed E-state index contributed by atoms with van der Waals surface area (Å²) >= 11 is 2.90. The molecule has 108 valence electrons. The maximum Gasteiger partial charge on any atom is 0.155 e. The quantitative estimate of drug-likeness (QED) is 0.556. The van der Waals surface area contributed by atoms with Gasteiger partial charge in [0.1, 0.15) is 5.03 Å². The molecule has 0 amide bonds. The van der Waals surface area contributed by atoms with E-state index < -0.39 is 0 Å². The minimum atomic E-state index is 0.846. The van der Waals surface area contributed by atoms with Gasteiger partial charge in [-0.25, -0.2) is 0 Å². The van der Waals surface area contributed by atoms with E-state index in [1.54, 1.807) is 0 Å². The maximum atomic E-state index is 4.45. The lowest BCUT2D eigenvalue weighted by Gasteiger charge is -2.16. The Morgan fingerprint density at radius 2 is 1.91 bits per heavy atom. The number of fused-ring (bicyclic) bond motifs is 2. The zero-order chi connectivity index (χ0) is 14.8. The molecule has 0 bridgehead atoms. The Morgan fingerprint density at radius 3 is 2.91 bits per heavy atom. The van der Waals surface area contributed by atoms with Crippen molar-refractivity contribution in [2.45, 2.75) is 0 Å². The molecule has 1 aliphatic rings.